The highest BCUT2D eigenvalue weighted by Gasteiger charge is 2.46. The van der Waals surface area contributed by atoms with Gasteiger partial charge in [0.05, 0.1) is 6.42 Å². The molecule has 26 heavy (non-hydrogen) atoms. The van der Waals surface area contributed by atoms with Crippen molar-refractivity contribution in [2.24, 2.45) is 12.5 Å². The van der Waals surface area contributed by atoms with Gasteiger partial charge in [-0.1, -0.05) is 44.4 Å². The number of carbonyl (C=O) groups excluding carboxylic acids is 1. The zero-order valence-electron chi connectivity index (χ0n) is 15.9. The Balaban J connectivity index is 1.90. The molecule has 3 rings (SSSR count). The van der Waals surface area contributed by atoms with Gasteiger partial charge in [0.1, 0.15) is 0 Å². The lowest BCUT2D eigenvalue weighted by molar-refractivity contribution is -0.138. The summed E-state index contributed by atoms with van der Waals surface area (Å²) >= 11 is 0. The van der Waals surface area contributed by atoms with Crippen LogP contribution in [0.5, 0.6) is 0 Å². The van der Waals surface area contributed by atoms with Crippen LogP contribution in [0.3, 0.4) is 0 Å². The monoisotopic (exact) mass is 355 g/mol. The Kier molecular flexibility index (Phi) is 5.49. The number of hydrogen-bond donors (Lipinski definition) is 1. The maximum Gasteiger partial charge on any atom is 0.303 e. The van der Waals surface area contributed by atoms with Crippen molar-refractivity contribution in [2.45, 2.75) is 64.7 Å². The highest BCUT2D eigenvalue weighted by Crippen LogP contribution is 2.52. The molecule has 4 nitrogen and oxygen atoms in total. The predicted molar refractivity (Wildman–Crippen MR) is 104 cm³/mol. The zero-order chi connectivity index (χ0) is 18.7. The third-order valence-electron chi connectivity index (χ3n) is 5.79. The first kappa shape index (κ1) is 18.7. The van der Waals surface area contributed by atoms with E-state index in [0.717, 1.165) is 47.8 Å². The van der Waals surface area contributed by atoms with E-state index in [1.54, 1.807) is 0 Å². The minimum absolute atomic E-state index is 0.106. The first-order valence-corrected chi connectivity index (χ1v) is 9.79. The van der Waals surface area contributed by atoms with Crippen molar-refractivity contribution in [3.63, 3.8) is 0 Å². The second-order valence-corrected chi connectivity index (χ2v) is 7.88. The van der Waals surface area contributed by atoms with Crippen LogP contribution in [0.2, 0.25) is 0 Å². The molecule has 0 unspecified atom stereocenters. The van der Waals surface area contributed by atoms with E-state index >= 15 is 0 Å². The number of fused-ring (bicyclic) bond motifs is 1. The second kappa shape index (κ2) is 7.65. The quantitative estimate of drug-likeness (QED) is 0.475. The number of nitrogens with zero attached hydrogens (tertiary/aromatic N) is 1. The summed E-state index contributed by atoms with van der Waals surface area (Å²) in [5.74, 6) is -0.681. The molecule has 1 heterocycles. The van der Waals surface area contributed by atoms with Crippen LogP contribution < -0.4 is 0 Å². The maximum absolute atomic E-state index is 13.2. The molecule has 1 aliphatic rings. The molecule has 0 bridgehead atoms. The molecule has 0 radical (unpaired) electrons. The van der Waals surface area contributed by atoms with Crippen molar-refractivity contribution >= 4 is 22.7 Å². The van der Waals surface area contributed by atoms with Gasteiger partial charge in [-0.15, -0.1) is 0 Å². The summed E-state index contributed by atoms with van der Waals surface area (Å²) in [4.78, 5) is 24.4. The highest BCUT2D eigenvalue weighted by atomic mass is 16.4. The average Bonchev–Trinajstić information content (AvgIpc) is 3.28. The van der Waals surface area contributed by atoms with Crippen LogP contribution in [0, 0.1) is 5.41 Å². The Morgan fingerprint density at radius 3 is 2.50 bits per heavy atom. The molecule has 1 aliphatic carbocycles. The molecule has 1 fully saturated rings. The standard InChI is InChI=1S/C22H29NO3/c1-3-4-5-6-11-18-21(16-9-7-8-10-17(16)23(18)2)19(24)14-22(12-13-22)15-20(25)26/h7-10H,3-6,11-15H2,1-2H3,(H,25,26). The summed E-state index contributed by atoms with van der Waals surface area (Å²) in [7, 11) is 2.04. The van der Waals surface area contributed by atoms with Crippen molar-refractivity contribution < 1.29 is 14.7 Å². The molecule has 0 aliphatic heterocycles. The number of carbonyl (C=O) groups is 2. The SMILES string of the molecule is CCCCCCc1c(C(=O)CC2(CC(=O)O)CC2)c2ccccc2n1C. The molecule has 4 heteroatoms. The minimum atomic E-state index is -0.798. The van der Waals surface area contributed by atoms with Crippen molar-refractivity contribution in [3.8, 4) is 0 Å². The largest absolute Gasteiger partial charge is 0.481 e. The third-order valence-corrected chi connectivity index (χ3v) is 5.79. The summed E-state index contributed by atoms with van der Waals surface area (Å²) in [6, 6.07) is 8.06. The number of carboxylic acids is 1. The average molecular weight is 355 g/mol. The molecule has 2 aromatic rings. The fourth-order valence-corrected chi connectivity index (χ4v) is 4.11. The molecule has 1 aromatic carbocycles. The van der Waals surface area contributed by atoms with Gasteiger partial charge in [0.15, 0.2) is 5.78 Å². The van der Waals surface area contributed by atoms with Gasteiger partial charge < -0.3 is 9.67 Å². The third kappa shape index (κ3) is 3.84. The maximum atomic E-state index is 13.2. The molecular formula is C22H29NO3. The number of para-hydroxylation sites is 1. The Bertz CT molecular complexity index is 814. The summed E-state index contributed by atoms with van der Waals surface area (Å²) in [6.45, 7) is 2.20. The van der Waals surface area contributed by atoms with Gasteiger partial charge in [-0.3, -0.25) is 9.59 Å². The molecule has 1 aromatic heterocycles. The van der Waals surface area contributed by atoms with E-state index in [1.165, 1.54) is 19.3 Å². The zero-order valence-corrected chi connectivity index (χ0v) is 15.9. The van der Waals surface area contributed by atoms with Crippen LogP contribution >= 0.6 is 0 Å². The molecule has 0 amide bonds. The highest BCUT2D eigenvalue weighted by molar-refractivity contribution is 6.10. The van der Waals surface area contributed by atoms with Crippen LogP contribution in [-0.2, 0) is 18.3 Å². The number of carboxylic acid groups (broad SMARTS) is 1. The Morgan fingerprint density at radius 2 is 1.85 bits per heavy atom. The van der Waals surface area contributed by atoms with Crippen molar-refractivity contribution in [2.75, 3.05) is 0 Å². The van der Waals surface area contributed by atoms with Gasteiger partial charge in [-0.05, 0) is 37.2 Å². The number of aryl methyl sites for hydroxylation is 1. The number of Topliss-reactive ketones (excluding diaryl/α,β-unsaturated/α-hetero) is 1. The van der Waals surface area contributed by atoms with Crippen molar-refractivity contribution in [1.82, 2.24) is 4.57 Å². The second-order valence-electron chi connectivity index (χ2n) is 7.88. The van der Waals surface area contributed by atoms with E-state index in [2.05, 4.69) is 17.6 Å². The fourth-order valence-electron chi connectivity index (χ4n) is 4.11. The summed E-state index contributed by atoms with van der Waals surface area (Å²) < 4.78 is 2.16. The normalized spacial score (nSPS) is 15.3. The van der Waals surface area contributed by atoms with Crippen LogP contribution in [0.1, 0.15) is 74.3 Å². The van der Waals surface area contributed by atoms with E-state index in [9.17, 15) is 9.59 Å². The van der Waals surface area contributed by atoms with E-state index in [1.807, 2.05) is 25.2 Å². The summed E-state index contributed by atoms with van der Waals surface area (Å²) in [6.07, 6.45) is 7.73. The van der Waals surface area contributed by atoms with E-state index < -0.39 is 5.97 Å². The van der Waals surface area contributed by atoms with Gasteiger partial charge in [0, 0.05) is 35.6 Å². The minimum Gasteiger partial charge on any atom is -0.481 e. The van der Waals surface area contributed by atoms with E-state index in [0.29, 0.717) is 6.42 Å². The molecule has 1 N–H and O–H groups in total. The number of rotatable bonds is 10. The van der Waals surface area contributed by atoms with Gasteiger partial charge >= 0.3 is 5.97 Å². The number of ketones is 1. The van der Waals surface area contributed by atoms with Crippen LogP contribution in [-0.4, -0.2) is 21.4 Å². The molecule has 0 saturated heterocycles. The Morgan fingerprint density at radius 1 is 1.12 bits per heavy atom. The number of aliphatic carboxylic acids is 1. The Labute approximate surface area is 155 Å². The lowest BCUT2D eigenvalue weighted by Crippen LogP contribution is -2.15. The molecule has 0 spiro atoms. The fraction of sp³-hybridized carbons (Fsp3) is 0.545. The number of unbranched alkanes of at least 4 members (excludes halogenated alkanes) is 3. The topological polar surface area (TPSA) is 59.3 Å². The molecular weight excluding hydrogens is 326 g/mol. The van der Waals surface area contributed by atoms with E-state index in [4.69, 9.17) is 5.11 Å². The molecule has 0 atom stereocenters. The van der Waals surface area contributed by atoms with Crippen molar-refractivity contribution in [1.29, 1.82) is 0 Å². The van der Waals surface area contributed by atoms with Crippen molar-refractivity contribution in [3.05, 3.63) is 35.5 Å². The Hall–Kier alpha value is -2.10. The van der Waals surface area contributed by atoms with Gasteiger partial charge in [-0.25, -0.2) is 0 Å². The summed E-state index contributed by atoms with van der Waals surface area (Å²) in [5.41, 5.74) is 2.72. The smallest absolute Gasteiger partial charge is 0.303 e. The van der Waals surface area contributed by atoms with Crippen LogP contribution in [0.15, 0.2) is 24.3 Å². The number of hydrogen-bond acceptors (Lipinski definition) is 2. The molecule has 140 valence electrons. The first-order chi connectivity index (χ1) is 12.5. The first-order valence-electron chi connectivity index (χ1n) is 9.79. The number of benzene rings is 1. The lowest BCUT2D eigenvalue weighted by atomic mass is 9.90. The lowest BCUT2D eigenvalue weighted by Gasteiger charge is -2.13. The van der Waals surface area contributed by atoms with E-state index in [-0.39, 0.29) is 17.6 Å². The van der Waals surface area contributed by atoms with Crippen LogP contribution in [0.25, 0.3) is 10.9 Å². The number of aromatic nitrogens is 1. The van der Waals surface area contributed by atoms with Crippen LogP contribution in [0.4, 0.5) is 0 Å². The van der Waals surface area contributed by atoms with Gasteiger partial charge in [-0.2, -0.15) is 0 Å². The molecule has 1 saturated carbocycles. The summed E-state index contributed by atoms with van der Waals surface area (Å²) in [5, 5.41) is 10.2. The van der Waals surface area contributed by atoms with Gasteiger partial charge in [0.2, 0.25) is 0 Å². The predicted octanol–water partition coefficient (Wildman–Crippen LogP) is 5.13. The van der Waals surface area contributed by atoms with Gasteiger partial charge in [0.25, 0.3) is 0 Å².